The first-order valence-corrected chi connectivity index (χ1v) is 11.3. The van der Waals surface area contributed by atoms with E-state index < -0.39 is 10.0 Å². The molecule has 4 rings (SSSR count). The van der Waals surface area contributed by atoms with Crippen LogP contribution in [0.25, 0.3) is 5.69 Å². The second-order valence-electron chi connectivity index (χ2n) is 7.12. The average molecular weight is 448 g/mol. The Hall–Kier alpha value is -3.98. The molecular formula is C23H21N5O3S. The number of amides is 1. The predicted molar refractivity (Wildman–Crippen MR) is 121 cm³/mol. The third-order valence-electron chi connectivity index (χ3n) is 4.88. The van der Waals surface area contributed by atoms with Crippen molar-refractivity contribution in [3.63, 3.8) is 0 Å². The van der Waals surface area contributed by atoms with Crippen LogP contribution < -0.4 is 10.0 Å². The van der Waals surface area contributed by atoms with Crippen molar-refractivity contribution < 1.29 is 13.2 Å². The summed E-state index contributed by atoms with van der Waals surface area (Å²) in [7, 11) is -3.68. The Kier molecular flexibility index (Phi) is 6.00. The quantitative estimate of drug-likeness (QED) is 0.451. The summed E-state index contributed by atoms with van der Waals surface area (Å²) in [5.41, 5.74) is 2.62. The first-order valence-electron chi connectivity index (χ1n) is 9.86. The highest BCUT2D eigenvalue weighted by Gasteiger charge is 2.15. The number of carbonyl (C=O) groups is 1. The van der Waals surface area contributed by atoms with Gasteiger partial charge in [-0.2, -0.15) is 5.10 Å². The third-order valence-corrected chi connectivity index (χ3v) is 6.27. The van der Waals surface area contributed by atoms with Crippen molar-refractivity contribution in [3.8, 4) is 5.69 Å². The summed E-state index contributed by atoms with van der Waals surface area (Å²) in [5.74, 6) is -0.254. The van der Waals surface area contributed by atoms with Gasteiger partial charge in [0.05, 0.1) is 16.6 Å². The molecule has 1 amide bonds. The van der Waals surface area contributed by atoms with Crippen molar-refractivity contribution in [2.75, 3.05) is 4.72 Å². The minimum Gasteiger partial charge on any atom is -0.346 e. The van der Waals surface area contributed by atoms with E-state index in [0.717, 1.165) is 11.3 Å². The smallest absolute Gasteiger partial charge is 0.261 e. The lowest BCUT2D eigenvalue weighted by Gasteiger charge is -2.15. The molecule has 0 radical (unpaired) electrons. The number of nitrogens with zero attached hydrogens (tertiary/aromatic N) is 3. The van der Waals surface area contributed by atoms with Gasteiger partial charge in [-0.25, -0.2) is 18.1 Å². The molecule has 2 N–H and O–H groups in total. The molecule has 1 aromatic heterocycles. The van der Waals surface area contributed by atoms with Gasteiger partial charge in [0.1, 0.15) is 12.7 Å². The van der Waals surface area contributed by atoms with Gasteiger partial charge in [0.15, 0.2) is 0 Å². The van der Waals surface area contributed by atoms with Gasteiger partial charge in [-0.05, 0) is 61.0 Å². The van der Waals surface area contributed by atoms with Crippen LogP contribution in [0.3, 0.4) is 0 Å². The van der Waals surface area contributed by atoms with Crippen molar-refractivity contribution in [1.82, 2.24) is 20.1 Å². The predicted octanol–water partition coefficient (Wildman–Crippen LogP) is 3.56. The maximum absolute atomic E-state index is 12.6. The fourth-order valence-electron chi connectivity index (χ4n) is 3.12. The molecule has 1 atom stereocenters. The zero-order valence-electron chi connectivity index (χ0n) is 17.2. The minimum absolute atomic E-state index is 0.172. The number of anilines is 1. The number of rotatable bonds is 7. The van der Waals surface area contributed by atoms with Crippen LogP contribution in [0, 0.1) is 0 Å². The standard InChI is InChI=1S/C23H21N5O3S/c1-17(18-9-13-21(14-10-18)28-16-24-15-25-28)26-23(29)19-7-11-20(12-8-19)27-32(30,31)22-5-3-2-4-6-22/h2-17,27H,1H3,(H,26,29). The van der Waals surface area contributed by atoms with Crippen LogP contribution in [0.15, 0.2) is 96.4 Å². The molecule has 0 saturated heterocycles. The van der Waals surface area contributed by atoms with Gasteiger partial charge in [0.2, 0.25) is 0 Å². The lowest BCUT2D eigenvalue weighted by atomic mass is 10.1. The number of hydrogen-bond acceptors (Lipinski definition) is 5. The fourth-order valence-corrected chi connectivity index (χ4v) is 4.20. The van der Waals surface area contributed by atoms with E-state index in [2.05, 4.69) is 20.1 Å². The summed E-state index contributed by atoms with van der Waals surface area (Å²) in [6.07, 6.45) is 3.08. The molecule has 9 heteroatoms. The summed E-state index contributed by atoms with van der Waals surface area (Å²) in [4.78, 5) is 16.7. The second kappa shape index (κ2) is 9.03. The van der Waals surface area contributed by atoms with Gasteiger partial charge in [-0.1, -0.05) is 30.3 Å². The van der Waals surface area contributed by atoms with Crippen molar-refractivity contribution in [2.24, 2.45) is 0 Å². The van der Waals surface area contributed by atoms with Crippen molar-refractivity contribution in [2.45, 2.75) is 17.9 Å². The van der Waals surface area contributed by atoms with Crippen LogP contribution in [0.5, 0.6) is 0 Å². The van der Waals surface area contributed by atoms with Crippen LogP contribution in [-0.2, 0) is 10.0 Å². The fraction of sp³-hybridized carbons (Fsp3) is 0.0870. The number of aromatic nitrogens is 3. The van der Waals surface area contributed by atoms with Crippen LogP contribution >= 0.6 is 0 Å². The van der Waals surface area contributed by atoms with Crippen molar-refractivity contribution in [1.29, 1.82) is 0 Å². The molecule has 4 aromatic rings. The van der Waals surface area contributed by atoms with E-state index in [1.165, 1.54) is 18.5 Å². The summed E-state index contributed by atoms with van der Waals surface area (Å²) in [5, 5.41) is 7.04. The Balaban J connectivity index is 1.39. The van der Waals surface area contributed by atoms with E-state index >= 15 is 0 Å². The SMILES string of the molecule is CC(NC(=O)c1ccc(NS(=O)(=O)c2ccccc2)cc1)c1ccc(-n2cncn2)cc1. The number of carbonyl (C=O) groups excluding carboxylic acids is 1. The first-order chi connectivity index (χ1) is 15.4. The summed E-state index contributed by atoms with van der Waals surface area (Å²) in [6.45, 7) is 1.89. The van der Waals surface area contributed by atoms with Crippen molar-refractivity contribution in [3.05, 3.63) is 103 Å². The van der Waals surface area contributed by atoms with Gasteiger partial charge in [-0.3, -0.25) is 9.52 Å². The van der Waals surface area contributed by atoms with E-state index in [1.807, 2.05) is 31.2 Å². The number of sulfonamides is 1. The number of nitrogens with one attached hydrogen (secondary N) is 2. The summed E-state index contributed by atoms with van der Waals surface area (Å²) in [6, 6.07) is 21.8. The van der Waals surface area contributed by atoms with Gasteiger partial charge >= 0.3 is 0 Å². The minimum atomic E-state index is -3.68. The summed E-state index contributed by atoms with van der Waals surface area (Å²) < 4.78 is 29.0. The van der Waals surface area contributed by atoms with E-state index in [4.69, 9.17) is 0 Å². The first kappa shape index (κ1) is 21.3. The van der Waals surface area contributed by atoms with E-state index in [9.17, 15) is 13.2 Å². The normalized spacial score (nSPS) is 12.2. The largest absolute Gasteiger partial charge is 0.346 e. The topological polar surface area (TPSA) is 106 Å². The molecule has 32 heavy (non-hydrogen) atoms. The Morgan fingerprint density at radius 1 is 0.938 bits per heavy atom. The monoisotopic (exact) mass is 447 g/mol. The highest BCUT2D eigenvalue weighted by molar-refractivity contribution is 7.92. The van der Waals surface area contributed by atoms with Gasteiger partial charge in [0, 0.05) is 11.3 Å². The zero-order valence-corrected chi connectivity index (χ0v) is 18.0. The van der Waals surface area contributed by atoms with Crippen LogP contribution in [0.4, 0.5) is 5.69 Å². The van der Waals surface area contributed by atoms with Gasteiger partial charge in [-0.15, -0.1) is 0 Å². The molecule has 0 aliphatic heterocycles. The average Bonchev–Trinajstić information content (AvgIpc) is 3.35. The number of benzene rings is 3. The van der Waals surface area contributed by atoms with E-state index in [1.54, 1.807) is 53.5 Å². The van der Waals surface area contributed by atoms with E-state index in [-0.39, 0.29) is 16.8 Å². The molecule has 8 nitrogen and oxygen atoms in total. The Labute approximate surface area is 186 Å². The van der Waals surface area contributed by atoms with Crippen molar-refractivity contribution >= 4 is 21.6 Å². The molecule has 0 spiro atoms. The molecule has 0 aliphatic rings. The van der Waals surface area contributed by atoms with Gasteiger partial charge < -0.3 is 5.32 Å². The maximum atomic E-state index is 12.6. The highest BCUT2D eigenvalue weighted by Crippen LogP contribution is 2.18. The molecule has 1 unspecified atom stereocenters. The number of hydrogen-bond donors (Lipinski definition) is 2. The molecular weight excluding hydrogens is 426 g/mol. The molecule has 0 fully saturated rings. The zero-order chi connectivity index (χ0) is 22.6. The molecule has 162 valence electrons. The van der Waals surface area contributed by atoms with E-state index in [0.29, 0.717) is 11.3 Å². The molecule has 0 saturated carbocycles. The summed E-state index contributed by atoms with van der Waals surface area (Å²) >= 11 is 0. The Morgan fingerprint density at radius 2 is 1.62 bits per heavy atom. The second-order valence-corrected chi connectivity index (χ2v) is 8.81. The molecule has 0 bridgehead atoms. The lowest BCUT2D eigenvalue weighted by Crippen LogP contribution is -2.26. The third kappa shape index (κ3) is 4.84. The van der Waals surface area contributed by atoms with Gasteiger partial charge in [0.25, 0.3) is 15.9 Å². The maximum Gasteiger partial charge on any atom is 0.261 e. The van der Waals surface area contributed by atoms with Crippen LogP contribution in [-0.4, -0.2) is 29.1 Å². The molecule has 1 heterocycles. The highest BCUT2D eigenvalue weighted by atomic mass is 32.2. The van der Waals surface area contributed by atoms with Crippen LogP contribution in [0.2, 0.25) is 0 Å². The Bertz CT molecular complexity index is 1290. The Morgan fingerprint density at radius 3 is 2.25 bits per heavy atom. The molecule has 3 aromatic carbocycles. The van der Waals surface area contributed by atoms with Crippen LogP contribution in [0.1, 0.15) is 28.9 Å². The lowest BCUT2D eigenvalue weighted by molar-refractivity contribution is 0.0940. The molecule has 0 aliphatic carbocycles.